The summed E-state index contributed by atoms with van der Waals surface area (Å²) in [6.07, 6.45) is 4.94. The molecule has 0 saturated carbocycles. The van der Waals surface area contributed by atoms with Gasteiger partial charge in [0.15, 0.2) is 0 Å². The van der Waals surface area contributed by atoms with Crippen LogP contribution in [0, 0.1) is 0 Å². The standard InChI is InChI=1S/C11H22N2O2S/c1-8(2)13-9-4-3-5-10(13)7-11(6-9)16(12,14)15/h8-11H,3-7H2,1-2H3,(H2,12,14,15)/t9-,10+,11+. The number of hydrogen-bond donors (Lipinski definition) is 1. The minimum absolute atomic E-state index is 0.308. The Hall–Kier alpha value is -0.130. The second-order valence-electron chi connectivity index (χ2n) is 5.46. The summed E-state index contributed by atoms with van der Waals surface area (Å²) in [5.41, 5.74) is 0. The lowest BCUT2D eigenvalue weighted by molar-refractivity contribution is 0.0155. The van der Waals surface area contributed by atoms with Gasteiger partial charge in [0.25, 0.3) is 0 Å². The van der Waals surface area contributed by atoms with Crippen LogP contribution in [0.4, 0.5) is 0 Å². The largest absolute Gasteiger partial charge is 0.295 e. The molecule has 0 aromatic carbocycles. The van der Waals surface area contributed by atoms with Crippen LogP contribution in [-0.2, 0) is 10.0 Å². The molecule has 5 heteroatoms. The van der Waals surface area contributed by atoms with E-state index in [-0.39, 0.29) is 5.25 Å². The van der Waals surface area contributed by atoms with Crippen molar-refractivity contribution in [3.8, 4) is 0 Å². The SMILES string of the molecule is CC(C)N1[C@@H]2CCC[C@H]1C[C@@H](S(N)(=O)=O)C2. The van der Waals surface area contributed by atoms with Crippen molar-refractivity contribution < 1.29 is 8.42 Å². The minimum atomic E-state index is -3.34. The van der Waals surface area contributed by atoms with Gasteiger partial charge >= 0.3 is 0 Å². The number of sulfonamides is 1. The molecule has 4 nitrogen and oxygen atoms in total. The molecule has 0 aromatic heterocycles. The molecule has 94 valence electrons. The summed E-state index contributed by atoms with van der Waals surface area (Å²) in [6, 6.07) is 1.36. The van der Waals surface area contributed by atoms with E-state index in [1.54, 1.807) is 0 Å². The van der Waals surface area contributed by atoms with Crippen molar-refractivity contribution in [1.82, 2.24) is 4.90 Å². The van der Waals surface area contributed by atoms with Crippen LogP contribution in [0.1, 0.15) is 46.0 Å². The Bertz CT molecular complexity index is 339. The Morgan fingerprint density at radius 2 is 1.69 bits per heavy atom. The molecule has 0 aliphatic carbocycles. The van der Waals surface area contributed by atoms with Crippen LogP contribution in [0.25, 0.3) is 0 Å². The Labute approximate surface area is 98.2 Å². The number of primary sulfonamides is 1. The van der Waals surface area contributed by atoms with E-state index in [0.717, 1.165) is 25.7 Å². The van der Waals surface area contributed by atoms with Crippen molar-refractivity contribution in [3.05, 3.63) is 0 Å². The number of nitrogens with zero attached hydrogens (tertiary/aromatic N) is 1. The molecule has 2 bridgehead atoms. The summed E-state index contributed by atoms with van der Waals surface area (Å²) in [7, 11) is -3.34. The van der Waals surface area contributed by atoms with Crippen molar-refractivity contribution in [3.63, 3.8) is 0 Å². The predicted octanol–water partition coefficient (Wildman–Crippen LogP) is 1.07. The van der Waals surface area contributed by atoms with Gasteiger partial charge in [0, 0.05) is 18.1 Å². The topological polar surface area (TPSA) is 63.4 Å². The van der Waals surface area contributed by atoms with Gasteiger partial charge < -0.3 is 0 Å². The van der Waals surface area contributed by atoms with Gasteiger partial charge in [0.2, 0.25) is 10.0 Å². The molecular formula is C11H22N2O2S. The van der Waals surface area contributed by atoms with E-state index >= 15 is 0 Å². The summed E-state index contributed by atoms with van der Waals surface area (Å²) in [5.74, 6) is 0. The summed E-state index contributed by atoms with van der Waals surface area (Å²) < 4.78 is 22.9. The molecule has 0 unspecified atom stereocenters. The van der Waals surface area contributed by atoms with Crippen LogP contribution in [0.3, 0.4) is 0 Å². The van der Waals surface area contributed by atoms with Gasteiger partial charge in [-0.25, -0.2) is 13.6 Å². The van der Waals surface area contributed by atoms with Gasteiger partial charge in [-0.3, -0.25) is 4.90 Å². The fraction of sp³-hybridized carbons (Fsp3) is 1.00. The highest BCUT2D eigenvalue weighted by Gasteiger charge is 2.42. The summed E-state index contributed by atoms with van der Waals surface area (Å²) in [6.45, 7) is 4.39. The fourth-order valence-corrected chi connectivity index (χ4v) is 4.46. The van der Waals surface area contributed by atoms with Crippen LogP contribution >= 0.6 is 0 Å². The normalized spacial score (nSPS) is 36.6. The van der Waals surface area contributed by atoms with Gasteiger partial charge in [0.1, 0.15) is 0 Å². The van der Waals surface area contributed by atoms with E-state index < -0.39 is 10.0 Å². The Morgan fingerprint density at radius 3 is 2.06 bits per heavy atom. The van der Waals surface area contributed by atoms with Gasteiger partial charge in [-0.1, -0.05) is 6.42 Å². The first-order valence-electron chi connectivity index (χ1n) is 6.18. The lowest BCUT2D eigenvalue weighted by Gasteiger charge is -2.50. The molecule has 2 heterocycles. The highest BCUT2D eigenvalue weighted by Crippen LogP contribution is 2.37. The van der Waals surface area contributed by atoms with Crippen molar-refractivity contribution in [1.29, 1.82) is 0 Å². The second-order valence-corrected chi connectivity index (χ2v) is 7.31. The lowest BCUT2D eigenvalue weighted by atomic mass is 9.83. The maximum atomic E-state index is 11.5. The Balaban J connectivity index is 2.18. The first-order valence-corrected chi connectivity index (χ1v) is 7.79. The lowest BCUT2D eigenvalue weighted by Crippen LogP contribution is -2.57. The van der Waals surface area contributed by atoms with Gasteiger partial charge in [0.05, 0.1) is 5.25 Å². The van der Waals surface area contributed by atoms with Gasteiger partial charge in [-0.2, -0.15) is 0 Å². The van der Waals surface area contributed by atoms with Crippen molar-refractivity contribution in [2.24, 2.45) is 5.14 Å². The molecule has 2 N–H and O–H groups in total. The molecule has 0 amide bonds. The number of rotatable bonds is 2. The van der Waals surface area contributed by atoms with E-state index in [2.05, 4.69) is 18.7 Å². The Kier molecular flexibility index (Phi) is 3.29. The zero-order chi connectivity index (χ0) is 11.9. The average molecular weight is 246 g/mol. The molecule has 2 rings (SSSR count). The first kappa shape index (κ1) is 12.3. The molecule has 0 spiro atoms. The number of hydrogen-bond acceptors (Lipinski definition) is 3. The van der Waals surface area contributed by atoms with Crippen LogP contribution in [0.15, 0.2) is 0 Å². The van der Waals surface area contributed by atoms with Gasteiger partial charge in [-0.15, -0.1) is 0 Å². The first-order chi connectivity index (χ1) is 7.39. The maximum Gasteiger partial charge on any atom is 0.212 e. The smallest absolute Gasteiger partial charge is 0.212 e. The molecule has 16 heavy (non-hydrogen) atoms. The quantitative estimate of drug-likeness (QED) is 0.792. The Morgan fingerprint density at radius 1 is 1.19 bits per heavy atom. The van der Waals surface area contributed by atoms with E-state index in [0.29, 0.717) is 18.1 Å². The van der Waals surface area contributed by atoms with E-state index in [9.17, 15) is 8.42 Å². The maximum absolute atomic E-state index is 11.5. The third-order valence-corrected chi connectivity index (χ3v) is 5.36. The monoisotopic (exact) mass is 246 g/mol. The second kappa shape index (κ2) is 4.27. The van der Waals surface area contributed by atoms with Crippen LogP contribution in [-0.4, -0.2) is 36.7 Å². The van der Waals surface area contributed by atoms with E-state index in [4.69, 9.17) is 5.14 Å². The fourth-order valence-electron chi connectivity index (χ4n) is 3.48. The highest BCUT2D eigenvalue weighted by atomic mass is 32.2. The molecular weight excluding hydrogens is 224 g/mol. The van der Waals surface area contributed by atoms with Crippen molar-refractivity contribution >= 4 is 10.0 Å². The molecule has 0 aromatic rings. The number of piperidine rings is 2. The number of nitrogens with two attached hydrogens (primary N) is 1. The molecule has 2 saturated heterocycles. The van der Waals surface area contributed by atoms with Crippen LogP contribution in [0.5, 0.6) is 0 Å². The zero-order valence-electron chi connectivity index (χ0n) is 10.1. The van der Waals surface area contributed by atoms with E-state index in [1.165, 1.54) is 6.42 Å². The zero-order valence-corrected chi connectivity index (χ0v) is 10.9. The average Bonchev–Trinajstić information content (AvgIpc) is 2.13. The third-order valence-electron chi connectivity index (χ3n) is 4.05. The van der Waals surface area contributed by atoms with Gasteiger partial charge in [-0.05, 0) is 39.5 Å². The predicted molar refractivity (Wildman–Crippen MR) is 64.5 cm³/mol. The van der Waals surface area contributed by atoms with Crippen molar-refractivity contribution in [2.45, 2.75) is 69.3 Å². The third kappa shape index (κ3) is 2.26. The summed E-state index contributed by atoms with van der Waals surface area (Å²) >= 11 is 0. The molecule has 3 atom stereocenters. The molecule has 2 aliphatic rings. The van der Waals surface area contributed by atoms with Crippen LogP contribution < -0.4 is 5.14 Å². The summed E-state index contributed by atoms with van der Waals surface area (Å²) in [5, 5.41) is 4.98. The minimum Gasteiger partial charge on any atom is -0.295 e. The number of fused-ring (bicyclic) bond motifs is 2. The van der Waals surface area contributed by atoms with E-state index in [1.807, 2.05) is 0 Å². The van der Waals surface area contributed by atoms with Crippen LogP contribution in [0.2, 0.25) is 0 Å². The van der Waals surface area contributed by atoms with Crippen molar-refractivity contribution in [2.75, 3.05) is 0 Å². The highest BCUT2D eigenvalue weighted by molar-refractivity contribution is 7.89. The summed E-state index contributed by atoms with van der Waals surface area (Å²) in [4.78, 5) is 2.51. The molecule has 2 fully saturated rings. The molecule has 0 radical (unpaired) electrons. The molecule has 2 aliphatic heterocycles.